The lowest BCUT2D eigenvalue weighted by Gasteiger charge is -2.24. The first kappa shape index (κ1) is 43.0. The van der Waals surface area contributed by atoms with E-state index < -0.39 is 5.60 Å². The van der Waals surface area contributed by atoms with Gasteiger partial charge in [-0.2, -0.15) is 0 Å². The van der Waals surface area contributed by atoms with Crippen LogP contribution in [0.4, 0.5) is 16.4 Å². The Bertz CT molecular complexity index is 1310. The highest BCUT2D eigenvalue weighted by Gasteiger charge is 2.30. The minimum absolute atomic E-state index is 0. The van der Waals surface area contributed by atoms with Gasteiger partial charge in [-0.15, -0.1) is 24.8 Å². The van der Waals surface area contributed by atoms with Gasteiger partial charge < -0.3 is 35.1 Å². The summed E-state index contributed by atoms with van der Waals surface area (Å²) in [7, 11) is 0. The van der Waals surface area contributed by atoms with Gasteiger partial charge in [0.1, 0.15) is 17.2 Å². The van der Waals surface area contributed by atoms with E-state index in [0.29, 0.717) is 12.6 Å². The first-order chi connectivity index (χ1) is 23.8. The summed E-state index contributed by atoms with van der Waals surface area (Å²) >= 11 is 0. The lowest BCUT2D eigenvalue weighted by molar-refractivity contribution is 0.0206. The second-order valence-electron chi connectivity index (χ2n) is 15.0. The number of carbonyl (C=O) groups is 1. The second kappa shape index (κ2) is 22.6. The van der Waals surface area contributed by atoms with Crippen LogP contribution >= 0.6 is 24.8 Å². The molecule has 288 valence electrons. The Morgan fingerprint density at radius 2 is 1.33 bits per heavy atom. The van der Waals surface area contributed by atoms with Crippen molar-refractivity contribution in [2.24, 2.45) is 0 Å². The molecule has 51 heavy (non-hydrogen) atoms. The van der Waals surface area contributed by atoms with Crippen LogP contribution in [-0.4, -0.2) is 91.3 Å². The molecule has 1 amide bonds. The standard InChI is InChI=1S/C22H35N3O3.C17H27N3O.2ClH/c1-22(2,3)28-21(26)25-14-12-19(16-25)27-15-6-4-5-9-18-11-10-17-8-7-13-23-20(17)24-18;1(3-12-21-16-9-11-18-13-16)2-6-15-8-7-14-5-4-10-19-17(14)20-15;;/h10-11,19H,4-9,12-16H2,1-3H3,(H,23,24);7-8,16,18H,1-6,9-13H2,(H,19,20);2*1H/t19-;16-;;/m11../s1. The van der Waals surface area contributed by atoms with Crippen LogP contribution < -0.4 is 16.0 Å². The molecule has 0 radical (unpaired) electrons. The SMILES string of the molecule is CC(C)(C)OC(=O)N1CC[C@@H](OCCCCCc2ccc3c(n2)NCCC3)C1.Cl.Cl.c1cc2c(nc1CCCCCO[C@@H]1CCNC1)NCCC2. The number of hydrogen-bond donors (Lipinski definition) is 3. The Morgan fingerprint density at radius 1 is 0.765 bits per heavy atom. The van der Waals surface area contributed by atoms with Gasteiger partial charge in [-0.1, -0.05) is 25.0 Å². The Kier molecular flexibility index (Phi) is 19.1. The number of anilines is 2. The minimum Gasteiger partial charge on any atom is -0.444 e. The number of likely N-dealkylation sites (tertiary alicyclic amines) is 1. The summed E-state index contributed by atoms with van der Waals surface area (Å²) < 4.78 is 17.2. The molecule has 2 aromatic heterocycles. The van der Waals surface area contributed by atoms with Crippen molar-refractivity contribution < 1.29 is 19.0 Å². The van der Waals surface area contributed by atoms with Gasteiger partial charge in [0.2, 0.25) is 0 Å². The number of ether oxygens (including phenoxy) is 3. The van der Waals surface area contributed by atoms with E-state index in [2.05, 4.69) is 40.2 Å². The number of halogens is 2. The quantitative estimate of drug-likeness (QED) is 0.169. The van der Waals surface area contributed by atoms with Crippen molar-refractivity contribution in [3.8, 4) is 0 Å². The summed E-state index contributed by atoms with van der Waals surface area (Å²) in [5, 5.41) is 10.1. The third kappa shape index (κ3) is 15.3. The predicted octanol–water partition coefficient (Wildman–Crippen LogP) is 7.55. The highest BCUT2D eigenvalue weighted by Crippen LogP contribution is 2.22. The topological polar surface area (TPSA) is 110 Å². The molecule has 0 aliphatic carbocycles. The number of pyridine rings is 2. The van der Waals surface area contributed by atoms with Crippen molar-refractivity contribution in [2.75, 3.05) is 63.1 Å². The summed E-state index contributed by atoms with van der Waals surface area (Å²) in [6.45, 7) is 13.0. The molecule has 0 bridgehead atoms. The zero-order valence-electron chi connectivity index (χ0n) is 31.3. The van der Waals surface area contributed by atoms with E-state index in [1.807, 2.05) is 20.8 Å². The van der Waals surface area contributed by atoms with Crippen LogP contribution in [0.2, 0.25) is 0 Å². The van der Waals surface area contributed by atoms with Crippen molar-refractivity contribution >= 4 is 42.5 Å². The molecule has 6 rings (SSSR count). The van der Waals surface area contributed by atoms with Crippen molar-refractivity contribution in [1.82, 2.24) is 20.2 Å². The van der Waals surface area contributed by atoms with Gasteiger partial charge in [-0.05, 0) is 128 Å². The maximum Gasteiger partial charge on any atom is 0.410 e. The molecule has 10 nitrogen and oxygen atoms in total. The van der Waals surface area contributed by atoms with Gasteiger partial charge in [-0.3, -0.25) is 0 Å². The molecule has 3 N–H and O–H groups in total. The van der Waals surface area contributed by atoms with Crippen LogP contribution in [0.15, 0.2) is 24.3 Å². The van der Waals surface area contributed by atoms with Gasteiger partial charge in [0.05, 0.1) is 18.8 Å². The van der Waals surface area contributed by atoms with Crippen LogP contribution in [0, 0.1) is 0 Å². The fraction of sp³-hybridized carbons (Fsp3) is 0.718. The van der Waals surface area contributed by atoms with Crippen LogP contribution in [0.3, 0.4) is 0 Å². The van der Waals surface area contributed by atoms with E-state index in [0.717, 1.165) is 103 Å². The highest BCUT2D eigenvalue weighted by atomic mass is 35.5. The molecule has 4 aliphatic heterocycles. The Balaban J connectivity index is 0.000000274. The second-order valence-corrected chi connectivity index (χ2v) is 15.0. The van der Waals surface area contributed by atoms with E-state index in [1.54, 1.807) is 4.90 Å². The molecule has 0 unspecified atom stereocenters. The summed E-state index contributed by atoms with van der Waals surface area (Å²) in [5.74, 6) is 2.21. The Morgan fingerprint density at radius 3 is 1.86 bits per heavy atom. The maximum atomic E-state index is 12.1. The van der Waals surface area contributed by atoms with Gasteiger partial charge >= 0.3 is 6.09 Å². The van der Waals surface area contributed by atoms with Gasteiger partial charge in [0.25, 0.3) is 0 Å². The maximum absolute atomic E-state index is 12.1. The molecule has 2 fully saturated rings. The molecule has 2 atom stereocenters. The normalized spacial score (nSPS) is 19.2. The van der Waals surface area contributed by atoms with Crippen LogP contribution in [-0.2, 0) is 39.9 Å². The zero-order chi connectivity index (χ0) is 34.3. The number of aromatic nitrogens is 2. The minimum atomic E-state index is -0.445. The summed E-state index contributed by atoms with van der Waals surface area (Å²) in [6, 6.07) is 8.85. The van der Waals surface area contributed by atoms with Crippen molar-refractivity contribution in [3.63, 3.8) is 0 Å². The van der Waals surface area contributed by atoms with Crippen LogP contribution in [0.1, 0.15) is 107 Å². The number of carbonyl (C=O) groups excluding carboxylic acids is 1. The summed E-state index contributed by atoms with van der Waals surface area (Å²) in [6.07, 6.45) is 16.2. The average molecular weight is 752 g/mol. The summed E-state index contributed by atoms with van der Waals surface area (Å²) in [5.41, 5.74) is 4.69. The smallest absolute Gasteiger partial charge is 0.410 e. The van der Waals surface area contributed by atoms with Gasteiger partial charge in [0.15, 0.2) is 0 Å². The van der Waals surface area contributed by atoms with E-state index in [-0.39, 0.29) is 37.0 Å². The van der Waals surface area contributed by atoms with Crippen LogP contribution in [0.5, 0.6) is 0 Å². The molecule has 0 saturated carbocycles. The first-order valence-electron chi connectivity index (χ1n) is 19.2. The molecule has 0 aromatic carbocycles. The lowest BCUT2D eigenvalue weighted by Crippen LogP contribution is -2.36. The molecule has 2 aromatic rings. The monoisotopic (exact) mass is 750 g/mol. The zero-order valence-corrected chi connectivity index (χ0v) is 32.9. The predicted molar refractivity (Wildman–Crippen MR) is 211 cm³/mol. The molecule has 6 heterocycles. The molecule has 12 heteroatoms. The highest BCUT2D eigenvalue weighted by molar-refractivity contribution is 5.85. The number of hydrogen-bond acceptors (Lipinski definition) is 9. The number of amides is 1. The number of unbranched alkanes of at least 4 members (excludes halogenated alkanes) is 4. The van der Waals surface area contributed by atoms with Crippen molar-refractivity contribution in [2.45, 2.75) is 128 Å². The lowest BCUT2D eigenvalue weighted by atomic mass is 10.1. The largest absolute Gasteiger partial charge is 0.444 e. The molecular formula is C39H64Cl2N6O4. The Hall–Kier alpha value is -2.37. The van der Waals surface area contributed by atoms with E-state index in [9.17, 15) is 4.79 Å². The number of nitrogens with zero attached hydrogens (tertiary/aromatic N) is 3. The third-order valence-electron chi connectivity index (χ3n) is 9.58. The van der Waals surface area contributed by atoms with E-state index in [1.165, 1.54) is 67.5 Å². The molecular weight excluding hydrogens is 687 g/mol. The third-order valence-corrected chi connectivity index (χ3v) is 9.58. The van der Waals surface area contributed by atoms with Gasteiger partial charge in [-0.25, -0.2) is 14.8 Å². The first-order valence-corrected chi connectivity index (χ1v) is 19.2. The average Bonchev–Trinajstić information content (AvgIpc) is 3.80. The number of fused-ring (bicyclic) bond motifs is 2. The van der Waals surface area contributed by atoms with Crippen molar-refractivity contribution in [1.29, 1.82) is 0 Å². The fourth-order valence-corrected chi connectivity index (χ4v) is 6.81. The summed E-state index contributed by atoms with van der Waals surface area (Å²) in [4.78, 5) is 23.3. The Labute approximate surface area is 319 Å². The van der Waals surface area contributed by atoms with E-state index in [4.69, 9.17) is 24.2 Å². The number of rotatable bonds is 14. The molecule has 2 saturated heterocycles. The fourth-order valence-electron chi connectivity index (χ4n) is 6.81. The van der Waals surface area contributed by atoms with Crippen LogP contribution in [0.25, 0.3) is 0 Å². The molecule has 0 spiro atoms. The van der Waals surface area contributed by atoms with Gasteiger partial charge in [0, 0.05) is 50.8 Å². The van der Waals surface area contributed by atoms with Crippen molar-refractivity contribution in [3.05, 3.63) is 46.8 Å². The number of nitrogens with one attached hydrogen (secondary N) is 3. The number of aryl methyl sites for hydroxylation is 4. The molecule has 4 aliphatic rings. The van der Waals surface area contributed by atoms with E-state index >= 15 is 0 Å².